The van der Waals surface area contributed by atoms with E-state index in [1.54, 1.807) is 0 Å². The zero-order chi connectivity index (χ0) is 7.00. The van der Waals surface area contributed by atoms with E-state index in [0.717, 1.165) is 0 Å². The summed E-state index contributed by atoms with van der Waals surface area (Å²) in [5.74, 6) is 0. The maximum absolute atomic E-state index is 12.1. The van der Waals surface area contributed by atoms with Crippen LogP contribution < -0.4 is 0 Å². The number of rotatable bonds is 1. The lowest BCUT2D eigenvalue weighted by Crippen LogP contribution is -2.25. The minimum atomic E-state index is -2.72. The standard InChI is InChI=1S/C2HCl4FS/c3-1(4,7)2(5,6)8/h8H. The van der Waals surface area contributed by atoms with Crippen molar-refractivity contribution in [3.05, 3.63) is 0 Å². The number of thiol groups is 1. The molecule has 0 radical (unpaired) electrons. The van der Waals surface area contributed by atoms with Gasteiger partial charge in [-0.25, -0.2) is 4.39 Å². The molecule has 0 saturated heterocycles. The van der Waals surface area contributed by atoms with Gasteiger partial charge in [0.05, 0.1) is 0 Å². The van der Waals surface area contributed by atoms with Gasteiger partial charge in [-0.05, 0) is 0 Å². The Morgan fingerprint density at radius 3 is 1.25 bits per heavy atom. The molecular formula is C2HCl4FS. The second-order valence-electron chi connectivity index (χ2n) is 1.04. The zero-order valence-electron chi connectivity index (χ0n) is 3.34. The Balaban J connectivity index is 4.02. The summed E-state index contributed by atoms with van der Waals surface area (Å²) in [7, 11) is 0. The molecule has 50 valence electrons. The Morgan fingerprint density at radius 1 is 1.12 bits per heavy atom. The molecule has 8 heavy (non-hydrogen) atoms. The molecule has 0 saturated carbocycles. The molecule has 0 atom stereocenters. The Kier molecular flexibility index (Phi) is 3.05. The van der Waals surface area contributed by atoms with Crippen molar-refractivity contribution < 1.29 is 4.39 Å². The molecule has 0 nitrogen and oxygen atoms in total. The van der Waals surface area contributed by atoms with Crippen LogP contribution in [0.2, 0.25) is 0 Å². The van der Waals surface area contributed by atoms with Crippen LogP contribution in [0, 0.1) is 0 Å². The van der Waals surface area contributed by atoms with Crippen molar-refractivity contribution >= 4 is 59.0 Å². The molecule has 0 rings (SSSR count). The van der Waals surface area contributed by atoms with Gasteiger partial charge < -0.3 is 0 Å². The molecule has 0 aliphatic heterocycles. The van der Waals surface area contributed by atoms with E-state index in [-0.39, 0.29) is 0 Å². The smallest absolute Gasteiger partial charge is 0.204 e. The second kappa shape index (κ2) is 2.59. The van der Waals surface area contributed by atoms with Gasteiger partial charge in [-0.1, -0.05) is 46.4 Å². The van der Waals surface area contributed by atoms with Crippen LogP contribution in [0.25, 0.3) is 0 Å². The fourth-order valence-corrected chi connectivity index (χ4v) is 0. The van der Waals surface area contributed by atoms with Gasteiger partial charge in [-0.2, -0.15) is 0 Å². The number of hydrogen-bond acceptors (Lipinski definition) is 1. The van der Waals surface area contributed by atoms with E-state index in [1.807, 2.05) is 0 Å². The molecule has 0 amide bonds. The van der Waals surface area contributed by atoms with Crippen molar-refractivity contribution in [2.75, 3.05) is 0 Å². The van der Waals surface area contributed by atoms with Crippen LogP contribution in [0.4, 0.5) is 4.39 Å². The highest BCUT2D eigenvalue weighted by Crippen LogP contribution is 2.46. The van der Waals surface area contributed by atoms with Crippen LogP contribution in [0.1, 0.15) is 0 Å². The van der Waals surface area contributed by atoms with E-state index in [1.165, 1.54) is 0 Å². The zero-order valence-corrected chi connectivity index (χ0v) is 7.26. The minimum absolute atomic E-state index is 2.06. The van der Waals surface area contributed by atoms with Gasteiger partial charge in [0, 0.05) is 0 Å². The van der Waals surface area contributed by atoms with Gasteiger partial charge in [0.2, 0.25) is 3.67 Å². The highest BCUT2D eigenvalue weighted by molar-refractivity contribution is 7.85. The van der Waals surface area contributed by atoms with Gasteiger partial charge in [0.15, 0.2) is 0 Å². The Morgan fingerprint density at radius 2 is 1.25 bits per heavy atom. The first-order valence-corrected chi connectivity index (χ1v) is 3.38. The first kappa shape index (κ1) is 9.44. The highest BCUT2D eigenvalue weighted by Gasteiger charge is 2.44. The quantitative estimate of drug-likeness (QED) is 0.507. The molecule has 0 spiro atoms. The summed E-state index contributed by atoms with van der Waals surface area (Å²) in [6, 6.07) is 0. The van der Waals surface area contributed by atoms with Crippen molar-refractivity contribution in [1.29, 1.82) is 0 Å². The van der Waals surface area contributed by atoms with Gasteiger partial charge in [-0.15, -0.1) is 12.6 Å². The van der Waals surface area contributed by atoms with E-state index < -0.39 is 8.25 Å². The summed E-state index contributed by atoms with van der Waals surface area (Å²) in [5, 5.41) is 0. The van der Waals surface area contributed by atoms with Gasteiger partial charge in [0.1, 0.15) is 0 Å². The Labute approximate surface area is 71.6 Å². The third-order valence-electron chi connectivity index (χ3n) is 0.341. The molecule has 0 fully saturated rings. The lowest BCUT2D eigenvalue weighted by molar-refractivity contribution is 0.402. The molecule has 0 aromatic carbocycles. The normalized spacial score (nSPS) is 14.2. The van der Waals surface area contributed by atoms with Crippen molar-refractivity contribution in [2.45, 2.75) is 8.25 Å². The van der Waals surface area contributed by atoms with E-state index in [9.17, 15) is 4.39 Å². The van der Waals surface area contributed by atoms with E-state index in [0.29, 0.717) is 0 Å². The maximum Gasteiger partial charge on any atom is 0.299 e. The average Bonchev–Trinajstić information content (AvgIpc) is 1.25. The molecule has 6 heteroatoms. The second-order valence-corrected chi connectivity index (χ2v) is 4.80. The van der Waals surface area contributed by atoms with Crippen molar-refractivity contribution in [1.82, 2.24) is 0 Å². The van der Waals surface area contributed by atoms with Gasteiger partial charge in [-0.3, -0.25) is 0 Å². The van der Waals surface area contributed by atoms with Crippen LogP contribution in [0.3, 0.4) is 0 Å². The molecular weight excluding hydrogens is 217 g/mol. The number of hydrogen-bond donors (Lipinski definition) is 1. The predicted molar refractivity (Wildman–Crippen MR) is 39.0 cm³/mol. The topological polar surface area (TPSA) is 0 Å². The van der Waals surface area contributed by atoms with Gasteiger partial charge in [0.25, 0.3) is 4.59 Å². The molecule has 0 N–H and O–H groups in total. The SMILES string of the molecule is FC(Cl)(Cl)C(S)(Cl)Cl. The summed E-state index contributed by atoms with van der Waals surface area (Å²) < 4.78 is 7.30. The van der Waals surface area contributed by atoms with Crippen LogP contribution in [-0.2, 0) is 0 Å². The molecule has 0 unspecified atom stereocenters. The van der Waals surface area contributed by atoms with E-state index in [4.69, 9.17) is 46.4 Å². The molecule has 0 aromatic heterocycles. The predicted octanol–water partition coefficient (Wildman–Crippen LogP) is 3.15. The maximum atomic E-state index is 12.1. The largest absolute Gasteiger partial charge is 0.299 e. The van der Waals surface area contributed by atoms with Crippen molar-refractivity contribution in [3.63, 3.8) is 0 Å². The third kappa shape index (κ3) is 2.83. The molecule has 0 heterocycles. The molecule has 0 aliphatic carbocycles. The van der Waals surface area contributed by atoms with Crippen LogP contribution in [0.5, 0.6) is 0 Å². The fraction of sp³-hybridized carbons (Fsp3) is 1.00. The lowest BCUT2D eigenvalue weighted by atomic mass is 10.8. The van der Waals surface area contributed by atoms with Crippen molar-refractivity contribution in [2.24, 2.45) is 0 Å². The first-order chi connectivity index (χ1) is 3.25. The number of alkyl halides is 5. The fourth-order valence-electron chi connectivity index (χ4n) is 0. The first-order valence-electron chi connectivity index (χ1n) is 1.42. The Hall–Kier alpha value is 1.44. The van der Waals surface area contributed by atoms with Crippen LogP contribution in [0.15, 0.2) is 0 Å². The van der Waals surface area contributed by atoms with Crippen molar-refractivity contribution in [3.8, 4) is 0 Å². The highest BCUT2D eigenvalue weighted by atomic mass is 35.5. The number of halogens is 5. The summed E-state index contributed by atoms with van der Waals surface area (Å²) in [6.07, 6.45) is 0. The Bertz CT molecular complexity index is 69.0. The molecule has 0 bridgehead atoms. The molecule has 0 aromatic rings. The van der Waals surface area contributed by atoms with E-state index >= 15 is 0 Å². The lowest BCUT2D eigenvalue weighted by Gasteiger charge is -2.18. The monoisotopic (exact) mass is 216 g/mol. The van der Waals surface area contributed by atoms with Gasteiger partial charge >= 0.3 is 0 Å². The van der Waals surface area contributed by atoms with Crippen LogP contribution in [-0.4, -0.2) is 8.25 Å². The summed E-state index contributed by atoms with van der Waals surface area (Å²) in [6.45, 7) is 0. The summed E-state index contributed by atoms with van der Waals surface area (Å²) in [5.41, 5.74) is 0. The van der Waals surface area contributed by atoms with Crippen LogP contribution >= 0.6 is 59.0 Å². The summed E-state index contributed by atoms with van der Waals surface area (Å²) >= 11 is 22.9. The van der Waals surface area contributed by atoms with E-state index in [2.05, 4.69) is 12.6 Å². The summed E-state index contributed by atoms with van der Waals surface area (Å²) in [4.78, 5) is 0. The molecule has 0 aliphatic rings. The third-order valence-corrected chi connectivity index (χ3v) is 2.39. The minimum Gasteiger partial charge on any atom is -0.204 e. The average molecular weight is 218 g/mol.